The van der Waals surface area contributed by atoms with Crippen molar-refractivity contribution >= 4 is 61.1 Å². The number of benzene rings is 2. The molecule has 0 radical (unpaired) electrons. The second-order valence-electron chi connectivity index (χ2n) is 5.22. The monoisotopic (exact) mass is 448 g/mol. The summed E-state index contributed by atoms with van der Waals surface area (Å²) in [5.41, 5.74) is 3.24. The summed E-state index contributed by atoms with van der Waals surface area (Å²) in [7, 11) is 0. The summed E-state index contributed by atoms with van der Waals surface area (Å²) in [6.45, 7) is 4.01. The van der Waals surface area contributed by atoms with Gasteiger partial charge in [0, 0.05) is 20.1 Å². The molecule has 132 valence electrons. The van der Waals surface area contributed by atoms with Crippen LogP contribution in [0.3, 0.4) is 0 Å². The zero-order valence-electron chi connectivity index (χ0n) is 13.5. The Kier molecular flexibility index (Phi) is 6.08. The molecule has 0 aliphatic heterocycles. The maximum atomic E-state index is 12.4. The molecular weight excluding hydrogens is 436 g/mol. The van der Waals surface area contributed by atoms with E-state index in [0.29, 0.717) is 22.3 Å². The van der Waals surface area contributed by atoms with Crippen molar-refractivity contribution < 1.29 is 9.53 Å². The van der Waals surface area contributed by atoms with Crippen molar-refractivity contribution in [2.45, 2.75) is 0 Å². The topological polar surface area (TPSA) is 50.7 Å². The van der Waals surface area contributed by atoms with Gasteiger partial charge in [-0.15, -0.1) is 11.3 Å². The fourth-order valence-corrected chi connectivity index (χ4v) is 4.06. The number of thiophene rings is 1. The average Bonchev–Trinajstić information content (AvgIpc) is 2.98. The molecule has 1 N–H and O–H groups in total. The molecule has 1 amide bonds. The fourth-order valence-electron chi connectivity index (χ4n) is 2.27. The molecule has 0 saturated heterocycles. The third-order valence-corrected chi connectivity index (χ3v) is 5.61. The van der Waals surface area contributed by atoms with Crippen LogP contribution in [-0.2, 0) is 0 Å². The zero-order valence-corrected chi connectivity index (χ0v) is 16.7. The SMILES string of the molecule is C=CCOc1ccc(Br)cc1/C=N/NC(=O)c1sc2ccccc2c1Cl. The van der Waals surface area contributed by atoms with E-state index in [1.54, 1.807) is 6.08 Å². The Balaban J connectivity index is 1.77. The summed E-state index contributed by atoms with van der Waals surface area (Å²) < 4.78 is 7.42. The molecule has 0 saturated carbocycles. The van der Waals surface area contributed by atoms with E-state index >= 15 is 0 Å². The third kappa shape index (κ3) is 4.15. The molecule has 3 rings (SSSR count). The van der Waals surface area contributed by atoms with E-state index in [9.17, 15) is 4.79 Å². The molecule has 0 aliphatic rings. The van der Waals surface area contributed by atoms with Crippen LogP contribution in [0.25, 0.3) is 10.1 Å². The van der Waals surface area contributed by atoms with Crippen LogP contribution < -0.4 is 10.2 Å². The van der Waals surface area contributed by atoms with Gasteiger partial charge >= 0.3 is 0 Å². The van der Waals surface area contributed by atoms with Crippen LogP contribution in [-0.4, -0.2) is 18.7 Å². The lowest BCUT2D eigenvalue weighted by Gasteiger charge is -2.07. The van der Waals surface area contributed by atoms with Crippen LogP contribution in [0.5, 0.6) is 5.75 Å². The van der Waals surface area contributed by atoms with Crippen molar-refractivity contribution in [1.82, 2.24) is 5.43 Å². The first-order valence-corrected chi connectivity index (χ1v) is 9.62. The zero-order chi connectivity index (χ0) is 18.5. The number of hydrogen-bond donors (Lipinski definition) is 1. The smallest absolute Gasteiger partial charge is 0.283 e. The lowest BCUT2D eigenvalue weighted by atomic mass is 10.2. The molecule has 4 nitrogen and oxygen atoms in total. The van der Waals surface area contributed by atoms with E-state index < -0.39 is 0 Å². The summed E-state index contributed by atoms with van der Waals surface area (Å²) in [6.07, 6.45) is 3.19. The second-order valence-corrected chi connectivity index (χ2v) is 7.57. The van der Waals surface area contributed by atoms with Gasteiger partial charge in [0.15, 0.2) is 0 Å². The predicted octanol–water partition coefficient (Wildman–Crippen LogP) is 5.65. The Bertz CT molecular complexity index is 1000. The quantitative estimate of drug-likeness (QED) is 0.300. The maximum Gasteiger partial charge on any atom is 0.283 e. The van der Waals surface area contributed by atoms with Gasteiger partial charge in [-0.1, -0.05) is 58.4 Å². The highest BCUT2D eigenvalue weighted by Crippen LogP contribution is 2.34. The molecule has 0 spiro atoms. The summed E-state index contributed by atoms with van der Waals surface area (Å²) in [5.74, 6) is 0.294. The van der Waals surface area contributed by atoms with Gasteiger partial charge in [0.1, 0.15) is 17.2 Å². The van der Waals surface area contributed by atoms with Crippen molar-refractivity contribution in [2.75, 3.05) is 6.61 Å². The molecule has 0 bridgehead atoms. The number of carbonyl (C=O) groups excluding carboxylic acids is 1. The van der Waals surface area contributed by atoms with Crippen molar-refractivity contribution in [3.8, 4) is 5.75 Å². The van der Waals surface area contributed by atoms with Crippen molar-refractivity contribution in [3.63, 3.8) is 0 Å². The molecule has 26 heavy (non-hydrogen) atoms. The van der Waals surface area contributed by atoms with Crippen molar-refractivity contribution in [2.24, 2.45) is 5.10 Å². The molecule has 1 heterocycles. The minimum Gasteiger partial charge on any atom is -0.489 e. The number of nitrogens with one attached hydrogen (secondary N) is 1. The highest BCUT2D eigenvalue weighted by Gasteiger charge is 2.16. The number of hydrogen-bond acceptors (Lipinski definition) is 4. The van der Waals surface area contributed by atoms with Crippen LogP contribution in [0.1, 0.15) is 15.2 Å². The first kappa shape index (κ1) is 18.6. The Morgan fingerprint density at radius 2 is 2.15 bits per heavy atom. The minimum atomic E-state index is -0.351. The third-order valence-electron chi connectivity index (χ3n) is 3.44. The molecule has 2 aromatic carbocycles. The summed E-state index contributed by atoms with van der Waals surface area (Å²) in [6, 6.07) is 13.1. The highest BCUT2D eigenvalue weighted by molar-refractivity contribution is 9.10. The van der Waals surface area contributed by atoms with Gasteiger partial charge < -0.3 is 4.74 Å². The van der Waals surface area contributed by atoms with Gasteiger partial charge in [0.2, 0.25) is 0 Å². The largest absolute Gasteiger partial charge is 0.489 e. The Morgan fingerprint density at radius 1 is 1.35 bits per heavy atom. The van der Waals surface area contributed by atoms with E-state index in [4.69, 9.17) is 16.3 Å². The molecule has 0 atom stereocenters. The van der Waals surface area contributed by atoms with Crippen LogP contribution in [0.2, 0.25) is 5.02 Å². The van der Waals surface area contributed by atoms with E-state index in [2.05, 4.69) is 33.0 Å². The fraction of sp³-hybridized carbons (Fsp3) is 0.0526. The molecule has 7 heteroatoms. The van der Waals surface area contributed by atoms with Gasteiger partial charge in [0.05, 0.1) is 11.2 Å². The van der Waals surface area contributed by atoms with Crippen LogP contribution in [0, 0.1) is 0 Å². The molecule has 1 aromatic heterocycles. The van der Waals surface area contributed by atoms with Crippen LogP contribution in [0.4, 0.5) is 0 Å². The van der Waals surface area contributed by atoms with E-state index in [-0.39, 0.29) is 5.91 Å². The highest BCUT2D eigenvalue weighted by atomic mass is 79.9. The molecule has 0 aliphatic carbocycles. The number of ether oxygens (including phenoxy) is 1. The average molecular weight is 450 g/mol. The van der Waals surface area contributed by atoms with E-state index in [1.165, 1.54) is 17.6 Å². The first-order chi connectivity index (χ1) is 12.6. The van der Waals surface area contributed by atoms with E-state index in [1.807, 2.05) is 42.5 Å². The molecule has 3 aromatic rings. The van der Waals surface area contributed by atoms with E-state index in [0.717, 1.165) is 20.1 Å². The van der Waals surface area contributed by atoms with Crippen LogP contribution in [0.15, 0.2) is 64.7 Å². The molecule has 0 fully saturated rings. The van der Waals surface area contributed by atoms with Crippen molar-refractivity contribution in [3.05, 3.63) is 75.1 Å². The second kappa shape index (κ2) is 8.49. The summed E-state index contributed by atoms with van der Waals surface area (Å²) >= 11 is 11.1. The number of amides is 1. The number of carbonyl (C=O) groups is 1. The van der Waals surface area contributed by atoms with Gasteiger partial charge in [-0.2, -0.15) is 5.10 Å². The number of fused-ring (bicyclic) bond motifs is 1. The number of nitrogens with zero attached hydrogens (tertiary/aromatic N) is 1. The summed E-state index contributed by atoms with van der Waals surface area (Å²) in [4.78, 5) is 12.8. The summed E-state index contributed by atoms with van der Waals surface area (Å²) in [5, 5.41) is 5.34. The Hall–Kier alpha value is -2.15. The molecular formula is C19H14BrClN2O2S. The predicted molar refractivity (Wildman–Crippen MR) is 112 cm³/mol. The number of hydrazone groups is 1. The minimum absolute atomic E-state index is 0.351. The lowest BCUT2D eigenvalue weighted by molar-refractivity contribution is 0.0959. The lowest BCUT2D eigenvalue weighted by Crippen LogP contribution is -2.16. The standard InChI is InChI=1S/C19H14BrClN2O2S/c1-2-9-25-15-8-7-13(20)10-12(15)11-22-23-19(24)18-17(21)14-5-3-4-6-16(14)26-18/h2-8,10-11H,1,9H2,(H,23,24)/b22-11+. The molecule has 0 unspecified atom stereocenters. The normalized spacial score (nSPS) is 11.0. The van der Waals surface area contributed by atoms with Gasteiger partial charge in [-0.3, -0.25) is 4.79 Å². The number of rotatable bonds is 6. The number of halogens is 2. The van der Waals surface area contributed by atoms with Gasteiger partial charge in [0.25, 0.3) is 5.91 Å². The Labute approximate surface area is 168 Å². The van der Waals surface area contributed by atoms with Gasteiger partial charge in [-0.25, -0.2) is 5.43 Å². The van der Waals surface area contributed by atoms with Crippen LogP contribution >= 0.6 is 38.9 Å². The van der Waals surface area contributed by atoms with Gasteiger partial charge in [-0.05, 0) is 24.3 Å². The maximum absolute atomic E-state index is 12.4. The first-order valence-electron chi connectivity index (χ1n) is 7.64. The Morgan fingerprint density at radius 3 is 2.92 bits per heavy atom. The van der Waals surface area contributed by atoms with Crippen molar-refractivity contribution in [1.29, 1.82) is 0 Å².